The molecule has 0 saturated carbocycles. The van der Waals surface area contributed by atoms with Crippen LogP contribution in [0, 0.1) is 5.92 Å². The minimum absolute atomic E-state index is 0.0324. The lowest BCUT2D eigenvalue weighted by atomic mass is 10.00. The van der Waals surface area contributed by atoms with Crippen molar-refractivity contribution >= 4 is 0 Å². The molecule has 0 heterocycles. The van der Waals surface area contributed by atoms with E-state index in [1.54, 1.807) is 6.08 Å². The summed E-state index contributed by atoms with van der Waals surface area (Å²) in [5.41, 5.74) is 2.67. The maximum absolute atomic E-state index is 5.53. The van der Waals surface area contributed by atoms with Gasteiger partial charge < -0.3 is 4.74 Å². The maximum atomic E-state index is 5.53. The van der Waals surface area contributed by atoms with Gasteiger partial charge in [-0.3, -0.25) is 11.3 Å². The molecule has 12 heavy (non-hydrogen) atoms. The number of rotatable bonds is 6. The minimum atomic E-state index is 0.0324. The van der Waals surface area contributed by atoms with Crippen LogP contribution in [-0.2, 0) is 4.74 Å². The fourth-order valence-corrected chi connectivity index (χ4v) is 1.20. The van der Waals surface area contributed by atoms with Crippen molar-refractivity contribution in [3.05, 3.63) is 12.7 Å². The van der Waals surface area contributed by atoms with E-state index in [0.717, 1.165) is 0 Å². The highest BCUT2D eigenvalue weighted by Gasteiger charge is 2.20. The summed E-state index contributed by atoms with van der Waals surface area (Å²) < 4.78 is 5.53. The van der Waals surface area contributed by atoms with Gasteiger partial charge in [-0.25, -0.2) is 0 Å². The molecular weight excluding hydrogens is 152 g/mol. The van der Waals surface area contributed by atoms with Crippen molar-refractivity contribution in [3.8, 4) is 0 Å². The molecule has 2 atom stereocenters. The van der Waals surface area contributed by atoms with E-state index in [1.807, 2.05) is 6.92 Å². The molecule has 0 fully saturated rings. The van der Waals surface area contributed by atoms with Gasteiger partial charge in [0.05, 0.1) is 12.1 Å². The Morgan fingerprint density at radius 1 is 1.58 bits per heavy atom. The molecule has 0 aromatic heterocycles. The molecule has 72 valence electrons. The summed E-state index contributed by atoms with van der Waals surface area (Å²) in [5.74, 6) is 5.79. The van der Waals surface area contributed by atoms with Crippen molar-refractivity contribution < 1.29 is 4.74 Å². The monoisotopic (exact) mass is 172 g/mol. The fraction of sp³-hybridized carbons (Fsp3) is 0.778. The lowest BCUT2D eigenvalue weighted by molar-refractivity contribution is 0.0146. The molecular formula is C9H20N2O. The van der Waals surface area contributed by atoms with Crippen molar-refractivity contribution in [2.45, 2.75) is 32.9 Å². The lowest BCUT2D eigenvalue weighted by Gasteiger charge is -2.26. The van der Waals surface area contributed by atoms with Gasteiger partial charge in [0, 0.05) is 6.61 Å². The van der Waals surface area contributed by atoms with Crippen LogP contribution in [0.1, 0.15) is 20.8 Å². The Labute approximate surface area is 74.9 Å². The number of hydrogen-bond donors (Lipinski definition) is 2. The summed E-state index contributed by atoms with van der Waals surface area (Å²) in [6.45, 7) is 10.6. The van der Waals surface area contributed by atoms with Gasteiger partial charge in [-0.2, -0.15) is 0 Å². The Morgan fingerprint density at radius 3 is 2.42 bits per heavy atom. The normalized spacial score (nSPS) is 16.1. The molecule has 0 aromatic rings. The fourth-order valence-electron chi connectivity index (χ4n) is 1.20. The Kier molecular flexibility index (Phi) is 5.98. The maximum Gasteiger partial charge on any atom is 0.0799 e. The van der Waals surface area contributed by atoms with Crippen LogP contribution >= 0.6 is 0 Å². The first-order chi connectivity index (χ1) is 5.67. The van der Waals surface area contributed by atoms with E-state index in [1.165, 1.54) is 0 Å². The van der Waals surface area contributed by atoms with Crippen LogP contribution in [0.5, 0.6) is 0 Å². The molecule has 0 spiro atoms. The van der Waals surface area contributed by atoms with E-state index in [0.29, 0.717) is 12.5 Å². The van der Waals surface area contributed by atoms with Gasteiger partial charge in [0.25, 0.3) is 0 Å². The van der Waals surface area contributed by atoms with E-state index in [2.05, 4.69) is 25.9 Å². The molecule has 0 aliphatic rings. The molecule has 0 saturated heterocycles. The summed E-state index contributed by atoms with van der Waals surface area (Å²) in [7, 11) is 0. The van der Waals surface area contributed by atoms with Gasteiger partial charge in [-0.15, -0.1) is 6.58 Å². The first kappa shape index (κ1) is 11.6. The van der Waals surface area contributed by atoms with Gasteiger partial charge >= 0.3 is 0 Å². The molecule has 0 rings (SSSR count). The smallest absolute Gasteiger partial charge is 0.0799 e. The summed E-state index contributed by atoms with van der Waals surface area (Å²) in [5, 5.41) is 0. The van der Waals surface area contributed by atoms with Crippen molar-refractivity contribution in [1.82, 2.24) is 5.43 Å². The van der Waals surface area contributed by atoms with E-state index in [-0.39, 0.29) is 12.1 Å². The Bertz CT molecular complexity index is 126. The van der Waals surface area contributed by atoms with Gasteiger partial charge in [-0.1, -0.05) is 19.9 Å². The third-order valence-electron chi connectivity index (χ3n) is 1.82. The lowest BCUT2D eigenvalue weighted by Crippen LogP contribution is -2.46. The number of nitrogens with two attached hydrogens (primary N) is 1. The van der Waals surface area contributed by atoms with Crippen LogP contribution in [0.4, 0.5) is 0 Å². The van der Waals surface area contributed by atoms with Crippen molar-refractivity contribution in [2.75, 3.05) is 6.61 Å². The largest absolute Gasteiger partial charge is 0.376 e. The summed E-state index contributed by atoms with van der Waals surface area (Å²) in [6.07, 6.45) is 1.89. The molecule has 0 amide bonds. The summed E-state index contributed by atoms with van der Waals surface area (Å²) >= 11 is 0. The predicted molar refractivity (Wildman–Crippen MR) is 51.6 cm³/mol. The van der Waals surface area contributed by atoms with Crippen molar-refractivity contribution in [2.24, 2.45) is 11.8 Å². The zero-order chi connectivity index (χ0) is 9.56. The zero-order valence-corrected chi connectivity index (χ0v) is 8.21. The van der Waals surface area contributed by atoms with Gasteiger partial charge in [0.15, 0.2) is 0 Å². The molecule has 0 aliphatic carbocycles. The first-order valence-corrected chi connectivity index (χ1v) is 4.37. The quantitative estimate of drug-likeness (QED) is 0.358. The predicted octanol–water partition coefficient (Wildman–Crippen LogP) is 1.07. The second-order valence-electron chi connectivity index (χ2n) is 3.09. The molecule has 3 heteroatoms. The number of hydrazine groups is 1. The van der Waals surface area contributed by atoms with E-state index < -0.39 is 0 Å². The topological polar surface area (TPSA) is 47.3 Å². The number of hydrogen-bond acceptors (Lipinski definition) is 3. The van der Waals surface area contributed by atoms with Crippen LogP contribution in [0.15, 0.2) is 12.7 Å². The third kappa shape index (κ3) is 3.34. The number of nitrogens with one attached hydrogen (secondary N) is 1. The highest BCUT2D eigenvalue weighted by Crippen LogP contribution is 2.11. The molecule has 3 nitrogen and oxygen atoms in total. The standard InChI is InChI=1S/C9H20N2O/c1-5-8(11-10)9(7(3)4)12-6-2/h5,7-9,11H,1,6,10H2,2-4H3. The molecule has 3 N–H and O–H groups in total. The SMILES string of the molecule is C=CC(NN)C(OCC)C(C)C. The molecule has 0 aliphatic heterocycles. The van der Waals surface area contributed by atoms with Crippen LogP contribution in [-0.4, -0.2) is 18.8 Å². The van der Waals surface area contributed by atoms with E-state index in [9.17, 15) is 0 Å². The van der Waals surface area contributed by atoms with Crippen molar-refractivity contribution in [3.63, 3.8) is 0 Å². The highest BCUT2D eigenvalue weighted by molar-refractivity contribution is 4.91. The highest BCUT2D eigenvalue weighted by atomic mass is 16.5. The molecule has 2 unspecified atom stereocenters. The van der Waals surface area contributed by atoms with E-state index in [4.69, 9.17) is 10.6 Å². The average Bonchev–Trinajstić information content (AvgIpc) is 2.05. The van der Waals surface area contributed by atoms with Crippen LogP contribution in [0.2, 0.25) is 0 Å². The van der Waals surface area contributed by atoms with Crippen molar-refractivity contribution in [1.29, 1.82) is 0 Å². The Hall–Kier alpha value is -0.380. The zero-order valence-electron chi connectivity index (χ0n) is 8.21. The summed E-state index contributed by atoms with van der Waals surface area (Å²) in [6, 6.07) is 0.0324. The minimum Gasteiger partial charge on any atom is -0.376 e. The van der Waals surface area contributed by atoms with E-state index >= 15 is 0 Å². The van der Waals surface area contributed by atoms with Gasteiger partial charge in [0.2, 0.25) is 0 Å². The van der Waals surface area contributed by atoms with Crippen LogP contribution in [0.3, 0.4) is 0 Å². The van der Waals surface area contributed by atoms with Gasteiger partial charge in [-0.05, 0) is 12.8 Å². The first-order valence-electron chi connectivity index (χ1n) is 4.37. The van der Waals surface area contributed by atoms with Gasteiger partial charge in [0.1, 0.15) is 0 Å². The Morgan fingerprint density at radius 2 is 2.17 bits per heavy atom. The average molecular weight is 172 g/mol. The van der Waals surface area contributed by atoms with Crippen LogP contribution in [0.25, 0.3) is 0 Å². The molecule has 0 radical (unpaired) electrons. The molecule has 0 aromatic carbocycles. The Balaban J connectivity index is 4.14. The third-order valence-corrected chi connectivity index (χ3v) is 1.82. The van der Waals surface area contributed by atoms with Crippen LogP contribution < -0.4 is 11.3 Å². The number of ether oxygens (including phenoxy) is 1. The summed E-state index contributed by atoms with van der Waals surface area (Å²) in [4.78, 5) is 0. The second kappa shape index (κ2) is 6.17. The molecule has 0 bridgehead atoms. The second-order valence-corrected chi connectivity index (χ2v) is 3.09.